The summed E-state index contributed by atoms with van der Waals surface area (Å²) in [5, 5.41) is 4.23. The molecule has 21 heavy (non-hydrogen) atoms. The van der Waals surface area contributed by atoms with Gasteiger partial charge in [-0.2, -0.15) is 0 Å². The highest BCUT2D eigenvalue weighted by Crippen LogP contribution is 2.00. The van der Waals surface area contributed by atoms with Crippen molar-refractivity contribution in [1.29, 1.82) is 0 Å². The Kier molecular flexibility index (Phi) is 5.99. The van der Waals surface area contributed by atoms with Crippen molar-refractivity contribution in [2.75, 3.05) is 20.6 Å². The number of carbonyl (C=O) groups excluding carboxylic acids is 3. The lowest BCUT2D eigenvalue weighted by Gasteiger charge is -2.26. The van der Waals surface area contributed by atoms with Crippen LogP contribution in [0.4, 0.5) is 9.59 Å². The van der Waals surface area contributed by atoms with Crippen LogP contribution in [0.3, 0.4) is 0 Å². The number of alkyl carbamates (subject to hydrolysis) is 1. The number of amides is 4. The maximum absolute atomic E-state index is 11.7. The van der Waals surface area contributed by atoms with E-state index in [9.17, 15) is 14.4 Å². The summed E-state index contributed by atoms with van der Waals surface area (Å²) >= 11 is 0. The fraction of sp³-hybridized carbons (Fsp3) is 0.308. The van der Waals surface area contributed by atoms with E-state index in [2.05, 4.69) is 5.32 Å². The summed E-state index contributed by atoms with van der Waals surface area (Å²) < 4.78 is 4.94. The molecule has 4 amide bonds. The van der Waals surface area contributed by atoms with Crippen LogP contribution in [-0.4, -0.2) is 48.7 Å². The van der Waals surface area contributed by atoms with E-state index in [1.165, 1.54) is 14.1 Å². The van der Waals surface area contributed by atoms with Gasteiger partial charge in [0.25, 0.3) is 5.91 Å². The maximum atomic E-state index is 11.7. The van der Waals surface area contributed by atoms with Gasteiger partial charge in [-0.25, -0.2) is 14.6 Å². The Morgan fingerprint density at radius 1 is 1.14 bits per heavy atom. The minimum absolute atomic E-state index is 0.109. The minimum atomic E-state index is -0.780. The average Bonchev–Trinajstić information content (AvgIpc) is 2.49. The zero-order valence-electron chi connectivity index (χ0n) is 11.9. The molecular formula is C13H18N4O4. The molecule has 0 aliphatic rings. The number of nitrogens with zero attached hydrogens (tertiary/aromatic N) is 2. The average molecular weight is 294 g/mol. The number of rotatable bonds is 4. The molecule has 0 spiro atoms. The van der Waals surface area contributed by atoms with Gasteiger partial charge in [0.15, 0.2) is 0 Å². The fourth-order valence-electron chi connectivity index (χ4n) is 1.35. The van der Waals surface area contributed by atoms with Crippen LogP contribution in [0.2, 0.25) is 0 Å². The van der Waals surface area contributed by atoms with Crippen LogP contribution in [-0.2, 0) is 16.1 Å². The number of primary amides is 1. The second-order valence-electron chi connectivity index (χ2n) is 4.19. The van der Waals surface area contributed by atoms with Gasteiger partial charge in [-0.1, -0.05) is 30.3 Å². The lowest BCUT2D eigenvalue weighted by molar-refractivity contribution is -0.138. The number of nitrogens with one attached hydrogen (secondary N) is 1. The SMILES string of the molecule is CN(C(N)=O)N(C)C(=O)CNC(=O)OCc1ccccc1. The predicted octanol–water partition coefficient (Wildman–Crippen LogP) is 0.297. The molecule has 0 fully saturated rings. The van der Waals surface area contributed by atoms with E-state index in [1.807, 2.05) is 30.3 Å². The molecule has 0 saturated carbocycles. The Morgan fingerprint density at radius 2 is 1.76 bits per heavy atom. The zero-order chi connectivity index (χ0) is 15.8. The fourth-order valence-corrected chi connectivity index (χ4v) is 1.35. The normalized spacial score (nSPS) is 9.62. The molecule has 0 heterocycles. The Morgan fingerprint density at radius 3 is 2.33 bits per heavy atom. The quantitative estimate of drug-likeness (QED) is 0.779. The predicted molar refractivity (Wildman–Crippen MR) is 74.7 cm³/mol. The van der Waals surface area contributed by atoms with Crippen molar-refractivity contribution in [3.63, 3.8) is 0 Å². The number of hydrogen-bond acceptors (Lipinski definition) is 4. The first kappa shape index (κ1) is 16.3. The minimum Gasteiger partial charge on any atom is -0.445 e. The van der Waals surface area contributed by atoms with Crippen molar-refractivity contribution in [1.82, 2.24) is 15.3 Å². The first-order chi connectivity index (χ1) is 9.91. The van der Waals surface area contributed by atoms with Crippen molar-refractivity contribution in [2.45, 2.75) is 6.61 Å². The largest absolute Gasteiger partial charge is 0.445 e. The molecule has 0 aromatic heterocycles. The van der Waals surface area contributed by atoms with Gasteiger partial charge in [0.1, 0.15) is 13.2 Å². The Labute approximate surface area is 122 Å². The summed E-state index contributed by atoms with van der Waals surface area (Å²) in [7, 11) is 2.71. The van der Waals surface area contributed by atoms with Gasteiger partial charge < -0.3 is 15.8 Å². The third kappa shape index (κ3) is 5.39. The first-order valence-corrected chi connectivity index (χ1v) is 6.16. The third-order valence-electron chi connectivity index (χ3n) is 2.73. The summed E-state index contributed by atoms with van der Waals surface area (Å²) in [5.74, 6) is -0.507. The van der Waals surface area contributed by atoms with Gasteiger partial charge in [0.05, 0.1) is 0 Å². The Balaban J connectivity index is 2.32. The molecule has 1 rings (SSSR count). The van der Waals surface area contributed by atoms with E-state index in [0.29, 0.717) is 0 Å². The molecule has 0 unspecified atom stereocenters. The van der Waals surface area contributed by atoms with E-state index in [0.717, 1.165) is 15.6 Å². The lowest BCUT2D eigenvalue weighted by Crippen LogP contribution is -2.50. The van der Waals surface area contributed by atoms with Gasteiger partial charge in [0, 0.05) is 14.1 Å². The van der Waals surface area contributed by atoms with Crippen LogP contribution in [0.5, 0.6) is 0 Å². The highest BCUT2D eigenvalue weighted by Gasteiger charge is 2.17. The number of likely N-dealkylation sites (N-methyl/N-ethyl adjacent to an activating group) is 1. The second kappa shape index (κ2) is 7.73. The van der Waals surface area contributed by atoms with E-state index >= 15 is 0 Å². The molecule has 0 radical (unpaired) electrons. The summed E-state index contributed by atoms with van der Waals surface area (Å²) in [6.45, 7) is -0.195. The van der Waals surface area contributed by atoms with Crippen molar-refractivity contribution in [3.8, 4) is 0 Å². The van der Waals surface area contributed by atoms with Gasteiger partial charge >= 0.3 is 12.1 Å². The molecule has 0 aliphatic heterocycles. The number of hydrogen-bond donors (Lipinski definition) is 2. The molecule has 1 aromatic carbocycles. The smallest absolute Gasteiger partial charge is 0.407 e. The maximum Gasteiger partial charge on any atom is 0.407 e. The molecule has 114 valence electrons. The first-order valence-electron chi connectivity index (χ1n) is 6.16. The third-order valence-corrected chi connectivity index (χ3v) is 2.73. The summed E-state index contributed by atoms with van der Waals surface area (Å²) in [6, 6.07) is 8.36. The molecule has 0 atom stereocenters. The molecule has 1 aromatic rings. The van der Waals surface area contributed by atoms with Crippen molar-refractivity contribution in [2.24, 2.45) is 5.73 Å². The molecule has 0 aliphatic carbocycles. The molecule has 0 bridgehead atoms. The van der Waals surface area contributed by atoms with Gasteiger partial charge in [0.2, 0.25) is 0 Å². The highest BCUT2D eigenvalue weighted by atomic mass is 16.5. The second-order valence-corrected chi connectivity index (χ2v) is 4.19. The summed E-state index contributed by atoms with van der Waals surface area (Å²) in [4.78, 5) is 34.0. The zero-order valence-corrected chi connectivity index (χ0v) is 11.9. The van der Waals surface area contributed by atoms with Gasteiger partial charge in [-0.3, -0.25) is 9.80 Å². The molecule has 0 saturated heterocycles. The van der Waals surface area contributed by atoms with Crippen molar-refractivity contribution >= 4 is 18.0 Å². The van der Waals surface area contributed by atoms with E-state index in [1.54, 1.807) is 0 Å². The number of urea groups is 1. The number of ether oxygens (including phenoxy) is 1. The van der Waals surface area contributed by atoms with E-state index in [-0.39, 0.29) is 13.2 Å². The number of hydrazine groups is 1. The monoisotopic (exact) mass is 294 g/mol. The van der Waals surface area contributed by atoms with Crippen molar-refractivity contribution in [3.05, 3.63) is 35.9 Å². The summed E-state index contributed by atoms with van der Waals surface area (Å²) in [6.07, 6.45) is -0.720. The van der Waals surface area contributed by atoms with Crippen LogP contribution in [0.15, 0.2) is 30.3 Å². The van der Waals surface area contributed by atoms with Gasteiger partial charge in [-0.05, 0) is 5.56 Å². The van der Waals surface area contributed by atoms with E-state index < -0.39 is 18.0 Å². The molecule has 3 N–H and O–H groups in total. The lowest BCUT2D eigenvalue weighted by atomic mass is 10.2. The number of benzene rings is 1. The molecule has 8 nitrogen and oxygen atoms in total. The topological polar surface area (TPSA) is 105 Å². The van der Waals surface area contributed by atoms with Crippen LogP contribution in [0, 0.1) is 0 Å². The Bertz CT molecular complexity index is 506. The van der Waals surface area contributed by atoms with Crippen LogP contribution >= 0.6 is 0 Å². The van der Waals surface area contributed by atoms with Crippen LogP contribution in [0.1, 0.15) is 5.56 Å². The number of nitrogens with two attached hydrogens (primary N) is 1. The molecular weight excluding hydrogens is 276 g/mol. The van der Waals surface area contributed by atoms with Crippen molar-refractivity contribution < 1.29 is 19.1 Å². The number of carbonyl (C=O) groups is 3. The van der Waals surface area contributed by atoms with Gasteiger partial charge in [-0.15, -0.1) is 0 Å². The highest BCUT2D eigenvalue weighted by molar-refractivity contribution is 5.84. The Hall–Kier alpha value is -2.77. The standard InChI is InChI=1S/C13H18N4O4/c1-16(17(2)12(14)19)11(18)8-15-13(20)21-9-10-6-4-3-5-7-10/h3-7H,8-9H2,1-2H3,(H2,14,19)(H,15,20). The molecule has 8 heteroatoms. The summed E-state index contributed by atoms with van der Waals surface area (Å²) in [5.41, 5.74) is 5.86. The van der Waals surface area contributed by atoms with Crippen LogP contribution < -0.4 is 11.1 Å². The van der Waals surface area contributed by atoms with Crippen LogP contribution in [0.25, 0.3) is 0 Å². The van der Waals surface area contributed by atoms with E-state index in [4.69, 9.17) is 10.5 Å².